The van der Waals surface area contributed by atoms with Crippen LogP contribution in [0.3, 0.4) is 0 Å². The lowest BCUT2D eigenvalue weighted by Crippen LogP contribution is -2.31. The SMILES string of the molecule is N#Cc1cc2c(nc1SCC1COc3ccccc3O1)CCCC2. The number of aromatic nitrogens is 1. The Morgan fingerprint density at radius 3 is 2.92 bits per heavy atom. The average Bonchev–Trinajstić information content (AvgIpc) is 2.65. The van der Waals surface area contributed by atoms with Crippen molar-refractivity contribution < 1.29 is 9.47 Å². The van der Waals surface area contributed by atoms with Gasteiger partial charge in [0, 0.05) is 11.4 Å². The van der Waals surface area contributed by atoms with E-state index in [1.165, 1.54) is 18.4 Å². The highest BCUT2D eigenvalue weighted by molar-refractivity contribution is 7.99. The molecule has 1 atom stereocenters. The topological polar surface area (TPSA) is 55.1 Å². The van der Waals surface area contributed by atoms with Gasteiger partial charge in [-0.1, -0.05) is 12.1 Å². The van der Waals surface area contributed by atoms with Gasteiger partial charge in [0.2, 0.25) is 0 Å². The first-order valence-electron chi connectivity index (χ1n) is 8.27. The number of nitriles is 1. The van der Waals surface area contributed by atoms with Crippen molar-refractivity contribution in [2.75, 3.05) is 12.4 Å². The molecule has 5 heteroatoms. The molecule has 0 spiro atoms. The maximum atomic E-state index is 9.43. The molecular formula is C19H18N2O2S. The minimum absolute atomic E-state index is 0.0331. The number of benzene rings is 1. The number of hydrogen-bond donors (Lipinski definition) is 0. The summed E-state index contributed by atoms with van der Waals surface area (Å²) in [6.07, 6.45) is 4.41. The molecule has 4 nitrogen and oxygen atoms in total. The normalized spacial score (nSPS) is 18.5. The molecule has 0 fully saturated rings. The number of aryl methyl sites for hydroxylation is 2. The van der Waals surface area contributed by atoms with Crippen LogP contribution < -0.4 is 9.47 Å². The molecular weight excluding hydrogens is 320 g/mol. The lowest BCUT2D eigenvalue weighted by Gasteiger charge is -2.26. The third kappa shape index (κ3) is 3.07. The van der Waals surface area contributed by atoms with Crippen molar-refractivity contribution in [2.45, 2.75) is 36.8 Å². The molecule has 4 rings (SSSR count). The van der Waals surface area contributed by atoms with Crippen molar-refractivity contribution >= 4 is 11.8 Å². The van der Waals surface area contributed by atoms with Crippen molar-refractivity contribution in [1.82, 2.24) is 4.98 Å². The Kier molecular flexibility index (Phi) is 4.31. The molecule has 1 aromatic heterocycles. The lowest BCUT2D eigenvalue weighted by molar-refractivity contribution is 0.107. The van der Waals surface area contributed by atoms with E-state index in [9.17, 15) is 5.26 Å². The summed E-state index contributed by atoms with van der Waals surface area (Å²) in [5, 5.41) is 10.2. The highest BCUT2D eigenvalue weighted by Crippen LogP contribution is 2.33. The molecule has 1 aliphatic carbocycles. The monoisotopic (exact) mass is 338 g/mol. The van der Waals surface area contributed by atoms with Gasteiger partial charge >= 0.3 is 0 Å². The predicted octanol–water partition coefficient (Wildman–Crippen LogP) is 3.76. The second-order valence-corrected chi connectivity index (χ2v) is 7.08. The highest BCUT2D eigenvalue weighted by Gasteiger charge is 2.22. The fraction of sp³-hybridized carbons (Fsp3) is 0.368. The molecule has 0 bridgehead atoms. The largest absolute Gasteiger partial charge is 0.486 e. The lowest BCUT2D eigenvalue weighted by atomic mass is 9.95. The van der Waals surface area contributed by atoms with Crippen LogP contribution in [-0.2, 0) is 12.8 Å². The summed E-state index contributed by atoms with van der Waals surface area (Å²) >= 11 is 1.59. The Hall–Kier alpha value is -2.19. The molecule has 2 heterocycles. The van der Waals surface area contributed by atoms with E-state index in [0.717, 1.165) is 40.8 Å². The molecule has 24 heavy (non-hydrogen) atoms. The van der Waals surface area contributed by atoms with Crippen LogP contribution in [0.15, 0.2) is 35.4 Å². The van der Waals surface area contributed by atoms with Gasteiger partial charge in [-0.2, -0.15) is 5.26 Å². The Bertz CT molecular complexity index is 800. The smallest absolute Gasteiger partial charge is 0.161 e. The zero-order valence-corrected chi connectivity index (χ0v) is 14.1. The number of para-hydroxylation sites is 2. The standard InChI is InChI=1S/C19H18N2O2S/c20-10-14-9-13-5-1-2-6-16(13)21-19(14)24-12-15-11-22-17-7-3-4-8-18(17)23-15/h3-4,7-9,15H,1-2,5-6,11-12H2. The maximum absolute atomic E-state index is 9.43. The van der Waals surface area contributed by atoms with Gasteiger partial charge in [0.1, 0.15) is 23.8 Å². The number of fused-ring (bicyclic) bond motifs is 2. The number of rotatable bonds is 3. The molecule has 0 radical (unpaired) electrons. The maximum Gasteiger partial charge on any atom is 0.161 e. The second kappa shape index (κ2) is 6.74. The van der Waals surface area contributed by atoms with E-state index in [1.807, 2.05) is 30.3 Å². The van der Waals surface area contributed by atoms with E-state index < -0.39 is 0 Å². The van der Waals surface area contributed by atoms with Crippen molar-refractivity contribution in [2.24, 2.45) is 0 Å². The van der Waals surface area contributed by atoms with Crippen molar-refractivity contribution in [3.63, 3.8) is 0 Å². The fourth-order valence-electron chi connectivity index (χ4n) is 3.12. The molecule has 0 N–H and O–H groups in total. The summed E-state index contributed by atoms with van der Waals surface area (Å²) in [5.41, 5.74) is 3.08. The van der Waals surface area contributed by atoms with Gasteiger partial charge in [-0.05, 0) is 49.4 Å². The first kappa shape index (κ1) is 15.3. The van der Waals surface area contributed by atoms with Gasteiger partial charge < -0.3 is 9.47 Å². The van der Waals surface area contributed by atoms with Gasteiger partial charge in [-0.15, -0.1) is 11.8 Å². The van der Waals surface area contributed by atoms with E-state index in [0.29, 0.717) is 12.2 Å². The van der Waals surface area contributed by atoms with Crippen LogP contribution in [0.1, 0.15) is 29.7 Å². The van der Waals surface area contributed by atoms with Crippen LogP contribution in [-0.4, -0.2) is 23.4 Å². The minimum Gasteiger partial charge on any atom is -0.486 e. The summed E-state index contributed by atoms with van der Waals surface area (Å²) in [4.78, 5) is 4.76. The number of pyridine rings is 1. The summed E-state index contributed by atoms with van der Waals surface area (Å²) in [7, 11) is 0. The first-order chi connectivity index (χ1) is 11.8. The van der Waals surface area contributed by atoms with E-state index in [1.54, 1.807) is 11.8 Å². The van der Waals surface area contributed by atoms with Crippen molar-refractivity contribution in [1.29, 1.82) is 5.26 Å². The summed E-state index contributed by atoms with van der Waals surface area (Å²) < 4.78 is 11.7. The minimum atomic E-state index is -0.0331. The molecule has 0 saturated carbocycles. The summed E-state index contributed by atoms with van der Waals surface area (Å²) in [6, 6.07) is 12.0. The highest BCUT2D eigenvalue weighted by atomic mass is 32.2. The predicted molar refractivity (Wildman–Crippen MR) is 92.7 cm³/mol. The van der Waals surface area contributed by atoms with Gasteiger partial charge in [0.05, 0.1) is 5.56 Å². The Labute approximate surface area is 145 Å². The average molecular weight is 338 g/mol. The van der Waals surface area contributed by atoms with Crippen molar-refractivity contribution in [3.05, 3.63) is 47.2 Å². The van der Waals surface area contributed by atoms with E-state index >= 15 is 0 Å². The third-order valence-corrected chi connectivity index (χ3v) is 5.48. The Morgan fingerprint density at radius 2 is 2.04 bits per heavy atom. The van der Waals surface area contributed by atoms with Crippen LogP contribution in [0.2, 0.25) is 0 Å². The van der Waals surface area contributed by atoms with Gasteiger partial charge in [-0.3, -0.25) is 0 Å². The Morgan fingerprint density at radius 1 is 1.21 bits per heavy atom. The number of thioether (sulfide) groups is 1. The third-order valence-electron chi connectivity index (χ3n) is 4.36. The van der Waals surface area contributed by atoms with E-state index in [2.05, 4.69) is 6.07 Å². The number of ether oxygens (including phenoxy) is 2. The Balaban J connectivity index is 1.47. The summed E-state index contributed by atoms with van der Waals surface area (Å²) in [6.45, 7) is 0.525. The summed E-state index contributed by atoms with van der Waals surface area (Å²) in [5.74, 6) is 2.30. The molecule has 122 valence electrons. The van der Waals surface area contributed by atoms with Gasteiger partial charge in [0.15, 0.2) is 11.5 Å². The molecule has 1 aliphatic heterocycles. The van der Waals surface area contributed by atoms with Gasteiger partial charge in [0.25, 0.3) is 0 Å². The van der Waals surface area contributed by atoms with Crippen LogP contribution in [0.5, 0.6) is 11.5 Å². The van der Waals surface area contributed by atoms with Crippen LogP contribution >= 0.6 is 11.8 Å². The molecule has 2 aromatic rings. The molecule has 0 saturated heterocycles. The second-order valence-electron chi connectivity index (χ2n) is 6.07. The molecule has 0 amide bonds. The van der Waals surface area contributed by atoms with Gasteiger partial charge in [-0.25, -0.2) is 4.98 Å². The zero-order valence-electron chi connectivity index (χ0n) is 13.3. The van der Waals surface area contributed by atoms with E-state index in [-0.39, 0.29) is 6.10 Å². The molecule has 2 aliphatic rings. The van der Waals surface area contributed by atoms with Crippen LogP contribution in [0.25, 0.3) is 0 Å². The number of hydrogen-bond acceptors (Lipinski definition) is 5. The van der Waals surface area contributed by atoms with Crippen LogP contribution in [0, 0.1) is 11.3 Å². The first-order valence-corrected chi connectivity index (χ1v) is 9.26. The number of nitrogens with zero attached hydrogens (tertiary/aromatic N) is 2. The van der Waals surface area contributed by atoms with E-state index in [4.69, 9.17) is 14.5 Å². The zero-order chi connectivity index (χ0) is 16.4. The fourth-order valence-corrected chi connectivity index (χ4v) is 4.06. The molecule has 1 unspecified atom stereocenters. The molecule has 1 aromatic carbocycles. The quantitative estimate of drug-likeness (QED) is 0.798. The van der Waals surface area contributed by atoms with Crippen LogP contribution in [0.4, 0.5) is 0 Å². The van der Waals surface area contributed by atoms with Crippen molar-refractivity contribution in [3.8, 4) is 17.6 Å².